The van der Waals surface area contributed by atoms with Crippen molar-refractivity contribution in [1.82, 2.24) is 15.1 Å². The molecule has 3 aliphatic heterocycles. The number of hydrogen-bond acceptors (Lipinski definition) is 10. The molecule has 5 heterocycles. The zero-order chi connectivity index (χ0) is 24.7. The van der Waals surface area contributed by atoms with Gasteiger partial charge in [0, 0.05) is 23.6 Å². The fourth-order valence-electron chi connectivity index (χ4n) is 4.13. The standard InChI is InChI=1S/C21H20N6O7S/c1-32-24-15(26-6-8-34-21(26)22)16(28)23-13-17(29)27-14(20(30)31)12(10-35-19(13)27)9-25-5-2-3-11-4-7-33-18(11)25/h2-8,13,19,21H,9-10,22H2,1H3,(H-,23,28,30,31)/b24-15+/t13?,19-,21?/m1/s1. The number of furan rings is 1. The number of aromatic nitrogens is 1. The molecular formula is C21H20N6O7S. The van der Waals surface area contributed by atoms with Crippen molar-refractivity contribution in [3.63, 3.8) is 0 Å². The molecule has 3 atom stereocenters. The SMILES string of the molecule is CO/N=C(\C(=O)NC1C(=O)N2C(C(=O)[O-])=C(C[n+]3cccc4ccoc43)CS[C@H]12)N1C=COC1N. The van der Waals surface area contributed by atoms with E-state index in [-0.39, 0.29) is 18.1 Å². The van der Waals surface area contributed by atoms with Crippen LogP contribution in [-0.2, 0) is 30.5 Å². The predicted octanol–water partition coefficient (Wildman–Crippen LogP) is -1.87. The molecule has 0 bridgehead atoms. The van der Waals surface area contributed by atoms with E-state index in [1.807, 2.05) is 12.1 Å². The van der Waals surface area contributed by atoms with Crippen LogP contribution >= 0.6 is 11.8 Å². The first-order valence-corrected chi connectivity index (χ1v) is 11.5. The van der Waals surface area contributed by atoms with Crippen LogP contribution in [0.4, 0.5) is 0 Å². The number of pyridine rings is 1. The normalized spacial score (nSPS) is 23.8. The van der Waals surface area contributed by atoms with Gasteiger partial charge in [-0.2, -0.15) is 4.57 Å². The lowest BCUT2D eigenvalue weighted by Gasteiger charge is -2.50. The van der Waals surface area contributed by atoms with E-state index in [1.54, 1.807) is 23.1 Å². The average Bonchev–Trinajstić information content (AvgIpc) is 3.49. The number of fused-ring (bicyclic) bond motifs is 2. The number of ether oxygens (including phenoxy) is 1. The number of carboxylic acids is 1. The number of oxime groups is 1. The first kappa shape index (κ1) is 22.7. The molecule has 5 rings (SSSR count). The molecule has 0 radical (unpaired) electrons. The van der Waals surface area contributed by atoms with Crippen molar-refractivity contribution in [3.8, 4) is 0 Å². The number of carboxylic acid groups (broad SMARTS) is 1. The molecule has 14 heteroatoms. The van der Waals surface area contributed by atoms with Gasteiger partial charge in [0.2, 0.25) is 12.2 Å². The van der Waals surface area contributed by atoms with Crippen molar-refractivity contribution in [2.24, 2.45) is 10.9 Å². The van der Waals surface area contributed by atoms with Crippen LogP contribution in [0.2, 0.25) is 0 Å². The van der Waals surface area contributed by atoms with Crippen molar-refractivity contribution in [3.05, 3.63) is 54.4 Å². The third-order valence-electron chi connectivity index (χ3n) is 5.70. The lowest BCUT2D eigenvalue weighted by molar-refractivity contribution is -0.669. The van der Waals surface area contributed by atoms with E-state index in [2.05, 4.69) is 10.5 Å². The third kappa shape index (κ3) is 3.85. The second kappa shape index (κ2) is 8.96. The summed E-state index contributed by atoms with van der Waals surface area (Å²) < 4.78 is 12.3. The third-order valence-corrected chi connectivity index (χ3v) is 7.04. The summed E-state index contributed by atoms with van der Waals surface area (Å²) in [6, 6.07) is 4.52. The maximum absolute atomic E-state index is 13.0. The van der Waals surface area contributed by atoms with Crippen LogP contribution in [0.25, 0.3) is 11.1 Å². The quantitative estimate of drug-likeness (QED) is 0.156. The number of β-lactam (4-membered cyclic amide) rings is 1. The Morgan fingerprint density at radius 2 is 2.26 bits per heavy atom. The molecule has 3 aliphatic rings. The number of amides is 2. The summed E-state index contributed by atoms with van der Waals surface area (Å²) in [6.07, 6.45) is 5.01. The zero-order valence-corrected chi connectivity index (χ0v) is 19.1. The molecule has 2 aromatic heterocycles. The van der Waals surface area contributed by atoms with Crippen LogP contribution < -0.4 is 20.7 Å². The summed E-state index contributed by atoms with van der Waals surface area (Å²) in [7, 11) is 1.26. The van der Waals surface area contributed by atoms with Gasteiger partial charge in [0.1, 0.15) is 24.8 Å². The molecule has 0 aliphatic carbocycles. The van der Waals surface area contributed by atoms with Gasteiger partial charge in [-0.15, -0.1) is 11.8 Å². The summed E-state index contributed by atoms with van der Waals surface area (Å²) in [5.41, 5.74) is 6.64. The molecule has 0 spiro atoms. The minimum atomic E-state index is -1.47. The first-order valence-electron chi connectivity index (χ1n) is 10.4. The summed E-state index contributed by atoms with van der Waals surface area (Å²) in [5.74, 6) is -2.70. The highest BCUT2D eigenvalue weighted by atomic mass is 32.2. The Balaban J connectivity index is 1.36. The number of amidine groups is 1. The van der Waals surface area contributed by atoms with E-state index in [9.17, 15) is 19.5 Å². The highest BCUT2D eigenvalue weighted by molar-refractivity contribution is 8.00. The van der Waals surface area contributed by atoms with Gasteiger partial charge in [0.25, 0.3) is 11.8 Å². The molecule has 2 unspecified atom stereocenters. The predicted molar refractivity (Wildman–Crippen MR) is 118 cm³/mol. The number of carbonyl (C=O) groups is 3. The van der Waals surface area contributed by atoms with Crippen molar-refractivity contribution >= 4 is 46.5 Å². The maximum Gasteiger partial charge on any atom is 0.380 e. The Hall–Kier alpha value is -4.04. The maximum atomic E-state index is 13.0. The summed E-state index contributed by atoms with van der Waals surface area (Å²) in [5, 5.41) is 18.6. The van der Waals surface area contributed by atoms with E-state index in [4.69, 9.17) is 19.7 Å². The minimum absolute atomic E-state index is 0.193. The molecular weight excluding hydrogens is 480 g/mol. The zero-order valence-electron chi connectivity index (χ0n) is 18.3. The van der Waals surface area contributed by atoms with Crippen LogP contribution in [0.5, 0.6) is 0 Å². The summed E-state index contributed by atoms with van der Waals surface area (Å²) >= 11 is 1.33. The smallest absolute Gasteiger partial charge is 0.380 e. The Bertz CT molecular complexity index is 1300. The molecule has 3 N–H and O–H groups in total. The number of hydrogen-bond donors (Lipinski definition) is 2. The summed E-state index contributed by atoms with van der Waals surface area (Å²) in [4.78, 5) is 45.0. The number of rotatable bonds is 5. The van der Waals surface area contributed by atoms with E-state index < -0.39 is 35.6 Å². The number of aliphatic carboxylic acids is 1. The second-order valence-electron chi connectivity index (χ2n) is 7.73. The molecule has 2 aromatic rings. The molecule has 13 nitrogen and oxygen atoms in total. The number of carbonyl (C=O) groups excluding carboxylic acids is 3. The van der Waals surface area contributed by atoms with Gasteiger partial charge < -0.3 is 29.2 Å². The summed E-state index contributed by atoms with van der Waals surface area (Å²) in [6.45, 7) is 0.193. The lowest BCUT2D eigenvalue weighted by atomic mass is 10.0. The second-order valence-corrected chi connectivity index (χ2v) is 8.84. The first-order chi connectivity index (χ1) is 16.9. The van der Waals surface area contributed by atoms with Crippen molar-refractivity contribution < 1.29 is 38.0 Å². The van der Waals surface area contributed by atoms with Crippen LogP contribution in [-0.4, -0.2) is 64.0 Å². The molecule has 182 valence electrons. The average molecular weight is 500 g/mol. The van der Waals surface area contributed by atoms with Gasteiger partial charge in [0.05, 0.1) is 23.3 Å². The van der Waals surface area contributed by atoms with Crippen LogP contribution in [0.3, 0.4) is 0 Å². The fraction of sp³-hybridized carbons (Fsp3) is 0.286. The van der Waals surface area contributed by atoms with Gasteiger partial charge in [-0.1, -0.05) is 5.16 Å². The van der Waals surface area contributed by atoms with Crippen molar-refractivity contribution in [2.45, 2.75) is 24.3 Å². The fourth-order valence-corrected chi connectivity index (χ4v) is 5.47. The van der Waals surface area contributed by atoms with E-state index in [0.29, 0.717) is 17.0 Å². The van der Waals surface area contributed by atoms with Crippen molar-refractivity contribution in [2.75, 3.05) is 12.9 Å². The molecule has 0 aromatic carbocycles. The van der Waals surface area contributed by atoms with Gasteiger partial charge in [-0.05, 0) is 12.1 Å². The van der Waals surface area contributed by atoms with Gasteiger partial charge in [-0.3, -0.25) is 25.1 Å². The Kier molecular flexibility index (Phi) is 5.82. The van der Waals surface area contributed by atoms with Gasteiger partial charge in [-0.25, -0.2) is 0 Å². The molecule has 2 amide bonds. The van der Waals surface area contributed by atoms with E-state index >= 15 is 0 Å². The monoisotopic (exact) mass is 500 g/mol. The lowest BCUT2D eigenvalue weighted by Crippen LogP contribution is -2.72. The number of nitrogens with two attached hydrogens (primary N) is 1. The number of thioether (sulfide) groups is 1. The van der Waals surface area contributed by atoms with Gasteiger partial charge >= 0.3 is 5.71 Å². The van der Waals surface area contributed by atoms with E-state index in [0.717, 1.165) is 10.3 Å². The molecule has 0 saturated carbocycles. The Morgan fingerprint density at radius 3 is 2.97 bits per heavy atom. The number of nitrogens with zero attached hydrogens (tertiary/aromatic N) is 4. The van der Waals surface area contributed by atoms with Crippen LogP contribution in [0, 0.1) is 0 Å². The van der Waals surface area contributed by atoms with Crippen molar-refractivity contribution in [1.29, 1.82) is 0 Å². The minimum Gasteiger partial charge on any atom is -0.543 e. The Morgan fingerprint density at radius 1 is 1.43 bits per heavy atom. The molecule has 1 saturated heterocycles. The van der Waals surface area contributed by atoms with Crippen LogP contribution in [0.1, 0.15) is 0 Å². The largest absolute Gasteiger partial charge is 0.543 e. The number of nitrogens with one attached hydrogen (secondary N) is 1. The van der Waals surface area contributed by atoms with E-state index in [1.165, 1.54) is 36.2 Å². The molecule has 1 fully saturated rings. The topological polar surface area (TPSA) is 167 Å². The highest BCUT2D eigenvalue weighted by Crippen LogP contribution is 2.40. The van der Waals surface area contributed by atoms with Gasteiger partial charge in [0.15, 0.2) is 12.7 Å². The Labute approximate surface area is 202 Å². The van der Waals surface area contributed by atoms with Crippen LogP contribution in [0.15, 0.2) is 64.0 Å². The highest BCUT2D eigenvalue weighted by Gasteiger charge is 2.53. The molecule has 35 heavy (non-hydrogen) atoms.